The molecule has 17 heavy (non-hydrogen) atoms. The highest BCUT2D eigenvalue weighted by Gasteiger charge is 2.37. The van der Waals surface area contributed by atoms with Crippen LogP contribution in [0.3, 0.4) is 0 Å². The van der Waals surface area contributed by atoms with Gasteiger partial charge in [-0.15, -0.1) is 12.4 Å². The summed E-state index contributed by atoms with van der Waals surface area (Å²) in [6.07, 6.45) is 0. The minimum atomic E-state index is -0.782. The molecule has 2 N–H and O–H groups in total. The van der Waals surface area contributed by atoms with Gasteiger partial charge < -0.3 is 10.5 Å². The standard InChI is InChI=1S/C12H18N2O2.ClH/c1-8-6-5-7-9(14-8)10(13)12(2,3)11(15)16-4;/h5-7,10H,13H2,1-4H3;1H/t10-;/m0./s1. The van der Waals surface area contributed by atoms with E-state index < -0.39 is 11.5 Å². The molecule has 1 atom stereocenters. The van der Waals surface area contributed by atoms with Crippen LogP contribution in [-0.4, -0.2) is 18.1 Å². The molecule has 0 aliphatic rings. The Balaban J connectivity index is 0.00000256. The summed E-state index contributed by atoms with van der Waals surface area (Å²) in [6.45, 7) is 5.41. The molecule has 1 aromatic heterocycles. The molecule has 0 aromatic carbocycles. The number of nitrogens with zero attached hydrogens (tertiary/aromatic N) is 1. The molecule has 0 radical (unpaired) electrons. The predicted octanol–water partition coefficient (Wildman–Crippen LogP) is 2.01. The van der Waals surface area contributed by atoms with E-state index in [9.17, 15) is 4.79 Å². The van der Waals surface area contributed by atoms with Gasteiger partial charge >= 0.3 is 5.97 Å². The summed E-state index contributed by atoms with van der Waals surface area (Å²) in [5, 5.41) is 0. The monoisotopic (exact) mass is 258 g/mol. The Morgan fingerprint density at radius 2 is 2.06 bits per heavy atom. The lowest BCUT2D eigenvalue weighted by atomic mass is 9.83. The van der Waals surface area contributed by atoms with Gasteiger partial charge in [-0.1, -0.05) is 6.07 Å². The number of carbonyl (C=O) groups excluding carboxylic acids is 1. The first-order valence-electron chi connectivity index (χ1n) is 5.17. The van der Waals surface area contributed by atoms with Crippen molar-refractivity contribution in [2.45, 2.75) is 26.8 Å². The molecule has 0 saturated carbocycles. The van der Waals surface area contributed by atoms with E-state index in [1.165, 1.54) is 7.11 Å². The van der Waals surface area contributed by atoms with Gasteiger partial charge in [0.15, 0.2) is 0 Å². The SMILES string of the molecule is COC(=O)C(C)(C)[C@@H](N)c1cccc(C)n1.Cl. The van der Waals surface area contributed by atoms with Gasteiger partial charge in [0.2, 0.25) is 0 Å². The summed E-state index contributed by atoms with van der Waals surface area (Å²) >= 11 is 0. The van der Waals surface area contributed by atoms with Crippen LogP contribution in [0, 0.1) is 12.3 Å². The Kier molecular flexibility index (Phi) is 5.58. The average Bonchev–Trinajstić information content (AvgIpc) is 2.26. The second-order valence-electron chi connectivity index (χ2n) is 4.39. The molecule has 0 bridgehead atoms. The summed E-state index contributed by atoms with van der Waals surface area (Å²) in [7, 11) is 1.36. The Bertz CT molecular complexity index is 394. The topological polar surface area (TPSA) is 65.2 Å². The largest absolute Gasteiger partial charge is 0.469 e. The zero-order valence-electron chi connectivity index (χ0n) is 10.6. The van der Waals surface area contributed by atoms with Gasteiger partial charge in [0.05, 0.1) is 24.3 Å². The van der Waals surface area contributed by atoms with Gasteiger partial charge in [0.1, 0.15) is 0 Å². The second kappa shape index (κ2) is 5.98. The molecule has 0 unspecified atom stereocenters. The maximum Gasteiger partial charge on any atom is 0.313 e. The number of hydrogen-bond donors (Lipinski definition) is 1. The Morgan fingerprint density at radius 3 is 2.53 bits per heavy atom. The number of carbonyl (C=O) groups is 1. The Morgan fingerprint density at radius 1 is 1.47 bits per heavy atom. The smallest absolute Gasteiger partial charge is 0.313 e. The summed E-state index contributed by atoms with van der Waals surface area (Å²) in [6, 6.07) is 5.12. The van der Waals surface area contributed by atoms with E-state index in [0.717, 1.165) is 5.69 Å². The van der Waals surface area contributed by atoms with E-state index in [4.69, 9.17) is 10.5 Å². The molecule has 0 amide bonds. The molecule has 96 valence electrons. The fourth-order valence-electron chi connectivity index (χ4n) is 1.50. The normalized spacial score (nSPS) is 12.5. The second-order valence-corrected chi connectivity index (χ2v) is 4.39. The minimum Gasteiger partial charge on any atom is -0.469 e. The van der Waals surface area contributed by atoms with Gasteiger partial charge in [-0.3, -0.25) is 9.78 Å². The fourth-order valence-corrected chi connectivity index (χ4v) is 1.50. The highest BCUT2D eigenvalue weighted by Crippen LogP contribution is 2.31. The van der Waals surface area contributed by atoms with E-state index in [1.54, 1.807) is 13.8 Å². The predicted molar refractivity (Wildman–Crippen MR) is 68.9 cm³/mol. The van der Waals surface area contributed by atoms with Crippen molar-refractivity contribution in [3.8, 4) is 0 Å². The molecule has 1 rings (SSSR count). The van der Waals surface area contributed by atoms with Gasteiger partial charge in [0.25, 0.3) is 0 Å². The molecule has 4 nitrogen and oxygen atoms in total. The van der Waals surface area contributed by atoms with Crippen LogP contribution in [0.25, 0.3) is 0 Å². The van der Waals surface area contributed by atoms with Crippen LogP contribution in [0.4, 0.5) is 0 Å². The summed E-state index contributed by atoms with van der Waals surface area (Å²) in [4.78, 5) is 15.9. The number of esters is 1. The van der Waals surface area contributed by atoms with Crippen LogP contribution >= 0.6 is 12.4 Å². The van der Waals surface area contributed by atoms with Crippen molar-refractivity contribution in [2.75, 3.05) is 7.11 Å². The first-order valence-corrected chi connectivity index (χ1v) is 5.17. The van der Waals surface area contributed by atoms with Crippen molar-refractivity contribution in [1.82, 2.24) is 4.98 Å². The Labute approximate surface area is 108 Å². The maximum absolute atomic E-state index is 11.6. The highest BCUT2D eigenvalue weighted by molar-refractivity contribution is 5.85. The third-order valence-corrected chi connectivity index (χ3v) is 2.72. The molecule has 0 fully saturated rings. The molecule has 0 spiro atoms. The van der Waals surface area contributed by atoms with Gasteiger partial charge in [-0.2, -0.15) is 0 Å². The molecule has 0 aliphatic carbocycles. The van der Waals surface area contributed by atoms with Crippen LogP contribution < -0.4 is 5.73 Å². The fraction of sp³-hybridized carbons (Fsp3) is 0.500. The van der Waals surface area contributed by atoms with Gasteiger partial charge in [-0.25, -0.2) is 0 Å². The number of nitrogens with two attached hydrogens (primary N) is 1. The van der Waals surface area contributed by atoms with Crippen LogP contribution in [-0.2, 0) is 9.53 Å². The number of methoxy groups -OCH3 is 1. The quantitative estimate of drug-likeness (QED) is 0.843. The third kappa shape index (κ3) is 3.41. The number of aromatic nitrogens is 1. The minimum absolute atomic E-state index is 0. The van der Waals surface area contributed by atoms with Crippen LogP contribution in [0.2, 0.25) is 0 Å². The molecular weight excluding hydrogens is 240 g/mol. The first-order chi connectivity index (χ1) is 7.39. The molecule has 0 saturated heterocycles. The van der Waals surface area contributed by atoms with E-state index in [0.29, 0.717) is 5.69 Å². The average molecular weight is 259 g/mol. The maximum atomic E-state index is 11.6. The molecular formula is C12H19ClN2O2. The number of halogens is 1. The van der Waals surface area contributed by atoms with Gasteiger partial charge in [-0.05, 0) is 32.9 Å². The Hall–Kier alpha value is -1.13. The van der Waals surface area contributed by atoms with Crippen LogP contribution in [0.15, 0.2) is 18.2 Å². The van der Waals surface area contributed by atoms with E-state index in [1.807, 2.05) is 25.1 Å². The zero-order chi connectivity index (χ0) is 12.3. The number of ether oxygens (including phenoxy) is 1. The van der Waals surface area contributed by atoms with E-state index >= 15 is 0 Å². The van der Waals surface area contributed by atoms with Crippen molar-refractivity contribution >= 4 is 18.4 Å². The molecule has 1 aromatic rings. The molecule has 1 heterocycles. The van der Waals surface area contributed by atoms with E-state index in [-0.39, 0.29) is 18.4 Å². The van der Waals surface area contributed by atoms with E-state index in [2.05, 4.69) is 4.98 Å². The van der Waals surface area contributed by atoms with Crippen molar-refractivity contribution < 1.29 is 9.53 Å². The van der Waals surface area contributed by atoms with Crippen molar-refractivity contribution in [1.29, 1.82) is 0 Å². The zero-order valence-corrected chi connectivity index (χ0v) is 11.4. The molecule has 5 heteroatoms. The summed E-state index contributed by atoms with van der Waals surface area (Å²) in [5.41, 5.74) is 6.86. The summed E-state index contributed by atoms with van der Waals surface area (Å²) < 4.78 is 4.74. The first kappa shape index (κ1) is 15.9. The lowest BCUT2D eigenvalue weighted by Crippen LogP contribution is -2.37. The van der Waals surface area contributed by atoms with Crippen molar-refractivity contribution in [3.63, 3.8) is 0 Å². The third-order valence-electron chi connectivity index (χ3n) is 2.72. The van der Waals surface area contributed by atoms with Crippen molar-refractivity contribution in [2.24, 2.45) is 11.1 Å². The lowest BCUT2D eigenvalue weighted by Gasteiger charge is -2.28. The highest BCUT2D eigenvalue weighted by atomic mass is 35.5. The number of rotatable bonds is 3. The van der Waals surface area contributed by atoms with Crippen molar-refractivity contribution in [3.05, 3.63) is 29.6 Å². The van der Waals surface area contributed by atoms with Crippen LogP contribution in [0.5, 0.6) is 0 Å². The summed E-state index contributed by atoms with van der Waals surface area (Å²) in [5.74, 6) is -0.330. The number of hydrogen-bond acceptors (Lipinski definition) is 4. The number of aryl methyl sites for hydroxylation is 1. The van der Waals surface area contributed by atoms with Gasteiger partial charge in [0, 0.05) is 5.69 Å². The lowest BCUT2D eigenvalue weighted by molar-refractivity contribution is -0.152. The molecule has 0 aliphatic heterocycles. The number of pyridine rings is 1. The van der Waals surface area contributed by atoms with Crippen LogP contribution in [0.1, 0.15) is 31.3 Å².